The molecule has 2 aliphatic heterocycles. The Hall–Kier alpha value is 0.610. The predicted octanol–water partition coefficient (Wildman–Crippen LogP) is 1.69. The smallest absolute Gasteiger partial charge is 0.0201 e. The summed E-state index contributed by atoms with van der Waals surface area (Å²) in [5.74, 6) is 0.991. The summed E-state index contributed by atoms with van der Waals surface area (Å²) in [7, 11) is 2.23. The van der Waals surface area contributed by atoms with Gasteiger partial charge in [-0.05, 0) is 38.8 Å². The molecule has 0 bridgehead atoms. The van der Waals surface area contributed by atoms with E-state index in [1.165, 1.54) is 65.1 Å². The molecule has 2 fully saturated rings. The van der Waals surface area contributed by atoms with Crippen LogP contribution in [0.4, 0.5) is 0 Å². The fraction of sp³-hybridized carbons (Fsp3) is 1.00. The minimum absolute atomic E-state index is 0.991. The number of piperazine rings is 1. The molecule has 0 radical (unpaired) electrons. The first-order valence-electron chi connectivity index (χ1n) is 6.55. The lowest BCUT2D eigenvalue weighted by Crippen LogP contribution is -2.45. The molecular weight excluding hydrogens is 313 g/mol. The maximum absolute atomic E-state index is 2.65. The van der Waals surface area contributed by atoms with Crippen molar-refractivity contribution >= 4 is 22.9 Å². The van der Waals surface area contributed by atoms with Crippen molar-refractivity contribution in [2.24, 2.45) is 5.92 Å². The van der Waals surface area contributed by atoms with Crippen LogP contribution >= 0.6 is 22.9 Å². The standard InChI is InChI=1S/C12H24IN3/c1-14-8-10-15(11-9-14)5-2-12-3-6-16(13)7-4-12/h12H,2-11H2,1H3. The SMILES string of the molecule is CN1CCN(CCC2CCN(I)CC2)CC1. The lowest BCUT2D eigenvalue weighted by Gasteiger charge is -2.34. The van der Waals surface area contributed by atoms with E-state index in [4.69, 9.17) is 0 Å². The van der Waals surface area contributed by atoms with Crippen LogP contribution in [0.5, 0.6) is 0 Å². The molecule has 0 N–H and O–H groups in total. The van der Waals surface area contributed by atoms with E-state index < -0.39 is 0 Å². The molecule has 0 amide bonds. The molecule has 0 aromatic carbocycles. The minimum atomic E-state index is 0.991. The van der Waals surface area contributed by atoms with Crippen LogP contribution < -0.4 is 0 Å². The van der Waals surface area contributed by atoms with Gasteiger partial charge in [-0.15, -0.1) is 0 Å². The second-order valence-electron chi connectivity index (χ2n) is 5.29. The molecule has 2 heterocycles. The van der Waals surface area contributed by atoms with Crippen LogP contribution in [0.15, 0.2) is 0 Å². The summed E-state index contributed by atoms with van der Waals surface area (Å²) in [4.78, 5) is 5.08. The van der Waals surface area contributed by atoms with Crippen LogP contribution in [0.2, 0.25) is 0 Å². The Morgan fingerprint density at radius 3 is 2.25 bits per heavy atom. The molecule has 3 nitrogen and oxygen atoms in total. The Balaban J connectivity index is 1.60. The monoisotopic (exact) mass is 337 g/mol. The molecule has 0 atom stereocenters. The van der Waals surface area contributed by atoms with Crippen LogP contribution in [-0.4, -0.2) is 65.8 Å². The first-order chi connectivity index (χ1) is 7.74. The molecule has 94 valence electrons. The van der Waals surface area contributed by atoms with Crippen LogP contribution in [0.25, 0.3) is 0 Å². The van der Waals surface area contributed by atoms with E-state index in [0.29, 0.717) is 0 Å². The molecule has 0 unspecified atom stereocenters. The third kappa shape index (κ3) is 4.13. The first-order valence-corrected chi connectivity index (χ1v) is 7.52. The maximum atomic E-state index is 2.65. The molecule has 0 aromatic heterocycles. The average Bonchev–Trinajstić information content (AvgIpc) is 2.30. The van der Waals surface area contributed by atoms with Crippen LogP contribution in [-0.2, 0) is 0 Å². The summed E-state index contributed by atoms with van der Waals surface area (Å²) < 4.78 is 2.43. The first kappa shape index (κ1) is 13.1. The van der Waals surface area contributed by atoms with Gasteiger partial charge in [0, 0.05) is 62.1 Å². The minimum Gasteiger partial charge on any atom is -0.304 e. The predicted molar refractivity (Wildman–Crippen MR) is 76.9 cm³/mol. The normalized spacial score (nSPS) is 27.4. The number of rotatable bonds is 3. The fourth-order valence-corrected chi connectivity index (χ4v) is 3.18. The lowest BCUT2D eigenvalue weighted by molar-refractivity contribution is 0.141. The Bertz CT molecular complexity index is 174. The summed E-state index contributed by atoms with van der Waals surface area (Å²) in [6.45, 7) is 9.00. The molecule has 2 rings (SSSR count). The molecule has 16 heavy (non-hydrogen) atoms. The van der Waals surface area contributed by atoms with Gasteiger partial charge in [0.2, 0.25) is 0 Å². The summed E-state index contributed by atoms with van der Waals surface area (Å²) in [5.41, 5.74) is 0. The highest BCUT2D eigenvalue weighted by Gasteiger charge is 2.19. The van der Waals surface area contributed by atoms with Gasteiger partial charge in [-0.1, -0.05) is 0 Å². The Morgan fingerprint density at radius 1 is 1.00 bits per heavy atom. The summed E-state index contributed by atoms with van der Waals surface area (Å²) in [6.07, 6.45) is 4.25. The van der Waals surface area contributed by atoms with Crippen molar-refractivity contribution in [3.8, 4) is 0 Å². The Morgan fingerprint density at radius 2 is 1.62 bits per heavy atom. The quantitative estimate of drug-likeness (QED) is 0.573. The number of hydrogen-bond donors (Lipinski definition) is 0. The van der Waals surface area contributed by atoms with Gasteiger partial charge >= 0.3 is 0 Å². The van der Waals surface area contributed by atoms with Gasteiger partial charge in [0.25, 0.3) is 0 Å². The molecule has 0 aliphatic carbocycles. The van der Waals surface area contributed by atoms with E-state index in [2.05, 4.69) is 42.8 Å². The number of piperidine rings is 1. The van der Waals surface area contributed by atoms with Gasteiger partial charge in [0.05, 0.1) is 0 Å². The second kappa shape index (κ2) is 6.52. The van der Waals surface area contributed by atoms with Gasteiger partial charge in [0.15, 0.2) is 0 Å². The third-order valence-corrected chi connectivity index (χ3v) is 4.97. The zero-order valence-electron chi connectivity index (χ0n) is 10.4. The van der Waals surface area contributed by atoms with Gasteiger partial charge in [-0.2, -0.15) is 0 Å². The second-order valence-corrected chi connectivity index (χ2v) is 6.65. The van der Waals surface area contributed by atoms with E-state index in [1.54, 1.807) is 0 Å². The van der Waals surface area contributed by atoms with Gasteiger partial charge in [-0.3, -0.25) is 0 Å². The van der Waals surface area contributed by atoms with Crippen LogP contribution in [0, 0.1) is 5.92 Å². The topological polar surface area (TPSA) is 9.72 Å². The van der Waals surface area contributed by atoms with Gasteiger partial charge in [-0.25, -0.2) is 3.11 Å². The van der Waals surface area contributed by atoms with Crippen molar-refractivity contribution in [2.75, 3.05) is 52.9 Å². The highest BCUT2D eigenvalue weighted by Crippen LogP contribution is 2.22. The Kier molecular flexibility index (Phi) is 5.32. The van der Waals surface area contributed by atoms with Crippen LogP contribution in [0.1, 0.15) is 19.3 Å². The van der Waals surface area contributed by atoms with Crippen LogP contribution in [0.3, 0.4) is 0 Å². The van der Waals surface area contributed by atoms with Crippen molar-refractivity contribution in [1.29, 1.82) is 0 Å². The lowest BCUT2D eigenvalue weighted by atomic mass is 9.94. The fourth-order valence-electron chi connectivity index (χ4n) is 2.63. The van der Waals surface area contributed by atoms with E-state index in [-0.39, 0.29) is 0 Å². The number of hydrogen-bond acceptors (Lipinski definition) is 3. The van der Waals surface area contributed by atoms with Crippen molar-refractivity contribution in [2.45, 2.75) is 19.3 Å². The summed E-state index contributed by atoms with van der Waals surface area (Å²) in [6, 6.07) is 0. The number of nitrogens with zero attached hydrogens (tertiary/aromatic N) is 3. The highest BCUT2D eigenvalue weighted by molar-refractivity contribution is 14.1. The molecular formula is C12H24IN3. The molecule has 0 spiro atoms. The van der Waals surface area contributed by atoms with E-state index in [0.717, 1.165) is 5.92 Å². The van der Waals surface area contributed by atoms with E-state index in [1.807, 2.05) is 0 Å². The van der Waals surface area contributed by atoms with Crippen molar-refractivity contribution in [3.63, 3.8) is 0 Å². The number of halogens is 1. The maximum Gasteiger partial charge on any atom is 0.0201 e. The average molecular weight is 337 g/mol. The van der Waals surface area contributed by atoms with Crippen molar-refractivity contribution in [1.82, 2.24) is 12.9 Å². The summed E-state index contributed by atoms with van der Waals surface area (Å²) >= 11 is 2.46. The third-order valence-electron chi connectivity index (χ3n) is 4.01. The van der Waals surface area contributed by atoms with Gasteiger partial charge in [0.1, 0.15) is 0 Å². The van der Waals surface area contributed by atoms with E-state index >= 15 is 0 Å². The van der Waals surface area contributed by atoms with Gasteiger partial charge < -0.3 is 9.80 Å². The molecule has 0 saturated carbocycles. The molecule has 2 aliphatic rings. The highest BCUT2D eigenvalue weighted by atomic mass is 127. The molecule has 2 saturated heterocycles. The van der Waals surface area contributed by atoms with E-state index in [9.17, 15) is 0 Å². The van der Waals surface area contributed by atoms with Crippen molar-refractivity contribution in [3.05, 3.63) is 0 Å². The zero-order valence-corrected chi connectivity index (χ0v) is 12.5. The number of likely N-dealkylation sites (N-methyl/N-ethyl adjacent to an activating group) is 1. The molecule has 0 aromatic rings. The summed E-state index contributed by atoms with van der Waals surface area (Å²) in [5, 5.41) is 0. The van der Waals surface area contributed by atoms with Crippen molar-refractivity contribution < 1.29 is 0 Å². The zero-order chi connectivity index (χ0) is 11.4. The largest absolute Gasteiger partial charge is 0.304 e. The Labute approximate surface area is 114 Å². The molecule has 4 heteroatoms.